The maximum atomic E-state index is 13.2. The molecule has 2 rings (SSSR count). The molecule has 0 N–H and O–H groups in total. The molecule has 0 radical (unpaired) electrons. The monoisotopic (exact) mass is 420 g/mol. The van der Waals surface area contributed by atoms with Crippen molar-refractivity contribution in [2.45, 2.75) is 39.5 Å². The number of allylic oxidation sites excluding steroid dienone is 2. The van der Waals surface area contributed by atoms with Gasteiger partial charge in [0.1, 0.15) is 0 Å². The molecule has 0 aliphatic carbocycles. The summed E-state index contributed by atoms with van der Waals surface area (Å²) in [6.45, 7) is 11.4. The number of ether oxygens (including phenoxy) is 2. The number of hydrogen-bond donors (Lipinski definition) is 0. The molecule has 0 unspecified atom stereocenters. The highest BCUT2D eigenvalue weighted by atomic mass is 16.6. The van der Waals surface area contributed by atoms with Crippen molar-refractivity contribution in [3.63, 3.8) is 0 Å². The highest BCUT2D eigenvalue weighted by Gasteiger charge is 2.49. The summed E-state index contributed by atoms with van der Waals surface area (Å²) in [6, 6.07) is 15.7. The Hall–Kier alpha value is -3.14. The molecule has 0 atom stereocenters. The summed E-state index contributed by atoms with van der Waals surface area (Å²) >= 11 is 0. The van der Waals surface area contributed by atoms with E-state index in [9.17, 15) is 9.59 Å². The highest BCUT2D eigenvalue weighted by molar-refractivity contribution is 6.00. The van der Waals surface area contributed by atoms with Crippen LogP contribution in [-0.4, -0.2) is 25.2 Å². The smallest absolute Gasteiger partial charge is 0.324 e. The van der Waals surface area contributed by atoms with Crippen LogP contribution in [0.2, 0.25) is 0 Å². The Morgan fingerprint density at radius 1 is 0.710 bits per heavy atom. The highest BCUT2D eigenvalue weighted by Crippen LogP contribution is 2.32. The van der Waals surface area contributed by atoms with Crippen LogP contribution >= 0.6 is 0 Å². The average molecular weight is 421 g/mol. The molecule has 0 aromatic heterocycles. The lowest BCUT2D eigenvalue weighted by molar-refractivity contribution is -0.172. The van der Waals surface area contributed by atoms with E-state index in [1.165, 1.54) is 0 Å². The SMILES string of the molecule is C=CCc1ccc(CC(Cc2ccc(CC=C)cc2)(C(=O)OCC)C(=O)OCC)cc1. The van der Waals surface area contributed by atoms with Crippen molar-refractivity contribution >= 4 is 11.9 Å². The molecule has 0 aliphatic heterocycles. The summed E-state index contributed by atoms with van der Waals surface area (Å²) in [4.78, 5) is 26.4. The maximum Gasteiger partial charge on any atom is 0.324 e. The number of rotatable bonds is 12. The Bertz CT molecular complexity index is 803. The Balaban J connectivity index is 2.45. The quantitative estimate of drug-likeness (QED) is 0.274. The van der Waals surface area contributed by atoms with Gasteiger partial charge in [0.05, 0.1) is 13.2 Å². The molecule has 31 heavy (non-hydrogen) atoms. The van der Waals surface area contributed by atoms with Crippen LogP contribution in [0.1, 0.15) is 36.1 Å². The van der Waals surface area contributed by atoms with E-state index in [4.69, 9.17) is 9.47 Å². The molecule has 0 aliphatic rings. The maximum absolute atomic E-state index is 13.2. The van der Waals surface area contributed by atoms with E-state index >= 15 is 0 Å². The molecule has 164 valence electrons. The first-order chi connectivity index (χ1) is 15.0. The molecule has 0 bridgehead atoms. The van der Waals surface area contributed by atoms with Crippen LogP contribution < -0.4 is 0 Å². The fourth-order valence-corrected chi connectivity index (χ4v) is 3.59. The fraction of sp³-hybridized carbons (Fsp3) is 0.333. The average Bonchev–Trinajstić information content (AvgIpc) is 2.76. The van der Waals surface area contributed by atoms with E-state index in [2.05, 4.69) is 13.2 Å². The van der Waals surface area contributed by atoms with Crippen LogP contribution in [0.3, 0.4) is 0 Å². The summed E-state index contributed by atoms with van der Waals surface area (Å²) in [5.41, 5.74) is 2.53. The second-order valence-electron chi connectivity index (χ2n) is 7.50. The summed E-state index contributed by atoms with van der Waals surface area (Å²) in [7, 11) is 0. The van der Waals surface area contributed by atoms with Gasteiger partial charge in [-0.3, -0.25) is 9.59 Å². The second kappa shape index (κ2) is 11.9. The van der Waals surface area contributed by atoms with Gasteiger partial charge >= 0.3 is 11.9 Å². The fourth-order valence-electron chi connectivity index (χ4n) is 3.59. The minimum atomic E-state index is -1.45. The van der Waals surface area contributed by atoms with Gasteiger partial charge in [0.15, 0.2) is 5.41 Å². The molecule has 0 spiro atoms. The van der Waals surface area contributed by atoms with Crippen LogP contribution in [0.25, 0.3) is 0 Å². The van der Waals surface area contributed by atoms with E-state index in [0.29, 0.717) is 0 Å². The predicted molar refractivity (Wildman–Crippen MR) is 124 cm³/mol. The first kappa shape index (κ1) is 24.1. The van der Waals surface area contributed by atoms with Crippen LogP contribution in [0.4, 0.5) is 0 Å². The first-order valence-electron chi connectivity index (χ1n) is 10.7. The van der Waals surface area contributed by atoms with Crippen molar-refractivity contribution in [1.29, 1.82) is 0 Å². The Kier molecular flexibility index (Phi) is 9.26. The third kappa shape index (κ3) is 6.42. The molecule has 0 saturated heterocycles. The number of carbonyl (C=O) groups is 2. The van der Waals surface area contributed by atoms with Crippen molar-refractivity contribution in [1.82, 2.24) is 0 Å². The van der Waals surface area contributed by atoms with Crippen LogP contribution in [0, 0.1) is 5.41 Å². The first-order valence-corrected chi connectivity index (χ1v) is 10.7. The Labute approximate surface area is 185 Å². The summed E-state index contributed by atoms with van der Waals surface area (Å²) in [6.07, 6.45) is 5.61. The number of hydrogen-bond acceptors (Lipinski definition) is 4. The minimum absolute atomic E-state index is 0.191. The van der Waals surface area contributed by atoms with E-state index < -0.39 is 17.4 Å². The Morgan fingerprint density at radius 3 is 1.32 bits per heavy atom. The summed E-state index contributed by atoms with van der Waals surface area (Å²) < 4.78 is 10.8. The normalized spacial score (nSPS) is 10.9. The molecule has 2 aromatic rings. The van der Waals surface area contributed by atoms with Gasteiger partial charge in [-0.25, -0.2) is 0 Å². The van der Waals surface area contributed by atoms with E-state index in [1.807, 2.05) is 60.7 Å². The molecule has 4 heteroatoms. The lowest BCUT2D eigenvalue weighted by Crippen LogP contribution is -2.45. The molecular formula is C27H32O4. The van der Waals surface area contributed by atoms with Gasteiger partial charge in [0.25, 0.3) is 0 Å². The summed E-state index contributed by atoms with van der Waals surface area (Å²) in [5, 5.41) is 0. The van der Waals surface area contributed by atoms with E-state index in [1.54, 1.807) is 13.8 Å². The van der Waals surface area contributed by atoms with Crippen molar-refractivity contribution in [3.05, 3.63) is 96.1 Å². The molecule has 0 amide bonds. The lowest BCUT2D eigenvalue weighted by atomic mass is 9.76. The number of benzene rings is 2. The van der Waals surface area contributed by atoms with Crippen molar-refractivity contribution in [2.24, 2.45) is 5.41 Å². The molecule has 2 aromatic carbocycles. The van der Waals surface area contributed by atoms with Gasteiger partial charge in [-0.2, -0.15) is 0 Å². The van der Waals surface area contributed by atoms with Gasteiger partial charge in [-0.15, -0.1) is 13.2 Å². The largest absolute Gasteiger partial charge is 0.465 e. The van der Waals surface area contributed by atoms with Crippen LogP contribution in [-0.2, 0) is 44.7 Å². The number of esters is 2. The van der Waals surface area contributed by atoms with E-state index in [0.717, 1.165) is 35.1 Å². The molecule has 0 fully saturated rings. The Morgan fingerprint density at radius 2 is 1.03 bits per heavy atom. The lowest BCUT2D eigenvalue weighted by Gasteiger charge is -2.29. The molecular weight excluding hydrogens is 388 g/mol. The van der Waals surface area contributed by atoms with Gasteiger partial charge in [-0.1, -0.05) is 60.7 Å². The van der Waals surface area contributed by atoms with Crippen molar-refractivity contribution in [3.8, 4) is 0 Å². The van der Waals surface area contributed by atoms with Crippen LogP contribution in [0.5, 0.6) is 0 Å². The third-order valence-corrected chi connectivity index (χ3v) is 5.15. The van der Waals surface area contributed by atoms with Gasteiger partial charge in [0, 0.05) is 0 Å². The predicted octanol–water partition coefficient (Wildman–Crippen LogP) is 5.04. The zero-order chi connectivity index (χ0) is 22.7. The zero-order valence-corrected chi connectivity index (χ0v) is 18.6. The van der Waals surface area contributed by atoms with Gasteiger partial charge in [0.2, 0.25) is 0 Å². The zero-order valence-electron chi connectivity index (χ0n) is 18.6. The topological polar surface area (TPSA) is 52.6 Å². The van der Waals surface area contributed by atoms with E-state index in [-0.39, 0.29) is 26.1 Å². The molecule has 0 saturated carbocycles. The second-order valence-corrected chi connectivity index (χ2v) is 7.50. The van der Waals surface area contributed by atoms with Gasteiger partial charge < -0.3 is 9.47 Å². The summed E-state index contributed by atoms with van der Waals surface area (Å²) in [5.74, 6) is -1.11. The van der Waals surface area contributed by atoms with Crippen molar-refractivity contribution in [2.75, 3.05) is 13.2 Å². The van der Waals surface area contributed by atoms with Gasteiger partial charge in [-0.05, 0) is 61.8 Å². The standard InChI is InChI=1S/C27H32O4/c1-5-9-21-11-15-23(16-12-21)19-27(25(28)30-7-3,26(29)31-8-4)20-24-17-13-22(10-6-2)14-18-24/h5-6,11-18H,1-2,7-10,19-20H2,3-4H3. The minimum Gasteiger partial charge on any atom is -0.465 e. The van der Waals surface area contributed by atoms with Crippen LogP contribution in [0.15, 0.2) is 73.8 Å². The molecule has 4 nitrogen and oxygen atoms in total. The van der Waals surface area contributed by atoms with Crippen molar-refractivity contribution < 1.29 is 19.1 Å². The molecule has 0 heterocycles. The number of carbonyl (C=O) groups excluding carboxylic acids is 2. The third-order valence-electron chi connectivity index (χ3n) is 5.15.